The van der Waals surface area contributed by atoms with Gasteiger partial charge in [0.25, 0.3) is 5.56 Å². The van der Waals surface area contributed by atoms with E-state index in [1.165, 1.54) is 22.5 Å². The minimum atomic E-state index is -3.73. The van der Waals surface area contributed by atoms with Crippen molar-refractivity contribution in [3.8, 4) is 0 Å². The third-order valence-corrected chi connectivity index (χ3v) is 10.1. The number of anilines is 1. The Morgan fingerprint density at radius 1 is 1.02 bits per heavy atom. The summed E-state index contributed by atoms with van der Waals surface area (Å²) >= 11 is 7.44. The summed E-state index contributed by atoms with van der Waals surface area (Å²) in [5.74, 6) is -0.108. The lowest BCUT2D eigenvalue weighted by Gasteiger charge is -2.19. The number of carbonyl (C=O) groups is 1. The minimum Gasteiger partial charge on any atom is -0.324 e. The van der Waals surface area contributed by atoms with E-state index in [1.54, 1.807) is 34.9 Å². The molecule has 1 N–H and O–H groups in total. The largest absolute Gasteiger partial charge is 0.324 e. The van der Waals surface area contributed by atoms with E-state index in [0.717, 1.165) is 22.9 Å². The molecule has 0 aliphatic carbocycles. The second-order valence-electron chi connectivity index (χ2n) is 9.58. The number of rotatable bonds is 10. The van der Waals surface area contributed by atoms with Crippen molar-refractivity contribution in [3.05, 3.63) is 93.2 Å². The number of halogens is 1. The molecular weight excluding hydrogens is 596 g/mol. The summed E-state index contributed by atoms with van der Waals surface area (Å²) in [4.78, 5) is 26.5. The molecule has 5 aromatic rings. The number of benzene rings is 3. The molecule has 10 nitrogen and oxygen atoms in total. The summed E-state index contributed by atoms with van der Waals surface area (Å²) in [7, 11) is -3.73. The Labute approximate surface area is 252 Å². The molecule has 13 heteroatoms. The molecule has 5 rings (SSSR count). The Morgan fingerprint density at radius 2 is 1.74 bits per heavy atom. The number of para-hydroxylation sites is 1. The maximum absolute atomic E-state index is 13.5. The zero-order chi connectivity index (χ0) is 30.0. The molecule has 0 unspecified atom stereocenters. The van der Waals surface area contributed by atoms with E-state index in [4.69, 9.17) is 11.6 Å². The summed E-state index contributed by atoms with van der Waals surface area (Å²) in [5.41, 5.74) is 2.70. The molecule has 0 radical (unpaired) electrons. The van der Waals surface area contributed by atoms with Crippen LogP contribution in [0.1, 0.15) is 25.0 Å². The van der Waals surface area contributed by atoms with Gasteiger partial charge < -0.3 is 5.32 Å². The Balaban J connectivity index is 1.43. The van der Waals surface area contributed by atoms with Gasteiger partial charge in [0.1, 0.15) is 0 Å². The van der Waals surface area contributed by atoms with Crippen LogP contribution in [0.2, 0.25) is 5.02 Å². The number of thioether (sulfide) groups is 1. The molecule has 0 saturated heterocycles. The van der Waals surface area contributed by atoms with Crippen molar-refractivity contribution in [2.24, 2.45) is 0 Å². The van der Waals surface area contributed by atoms with Crippen LogP contribution < -0.4 is 10.9 Å². The van der Waals surface area contributed by atoms with E-state index in [0.29, 0.717) is 41.5 Å². The van der Waals surface area contributed by atoms with Crippen molar-refractivity contribution in [1.29, 1.82) is 0 Å². The summed E-state index contributed by atoms with van der Waals surface area (Å²) < 4.78 is 30.6. The Hall–Kier alpha value is -3.71. The Bertz CT molecular complexity index is 1950. The number of carbonyl (C=O) groups excluding carboxylic acids is 1. The number of aryl methyl sites for hydroxylation is 1. The number of sulfonamides is 1. The van der Waals surface area contributed by atoms with Crippen LogP contribution in [0.15, 0.2) is 81.6 Å². The molecule has 0 aliphatic heterocycles. The van der Waals surface area contributed by atoms with E-state index >= 15 is 0 Å². The van der Waals surface area contributed by atoms with Crippen molar-refractivity contribution in [2.45, 2.75) is 37.4 Å². The molecule has 0 bridgehead atoms. The quantitative estimate of drug-likeness (QED) is 0.221. The molecule has 2 aromatic heterocycles. The summed E-state index contributed by atoms with van der Waals surface area (Å²) in [6.45, 7) is 6.47. The molecule has 0 saturated carbocycles. The smallest absolute Gasteiger partial charge is 0.263 e. The van der Waals surface area contributed by atoms with Gasteiger partial charge in [-0.3, -0.25) is 18.6 Å². The van der Waals surface area contributed by atoms with Crippen molar-refractivity contribution in [1.82, 2.24) is 23.5 Å². The van der Waals surface area contributed by atoms with Gasteiger partial charge in [-0.2, -0.15) is 4.31 Å². The normalized spacial score (nSPS) is 11.9. The second kappa shape index (κ2) is 12.3. The first-order chi connectivity index (χ1) is 20.1. The first-order valence-electron chi connectivity index (χ1n) is 13.3. The van der Waals surface area contributed by atoms with Crippen LogP contribution >= 0.6 is 23.4 Å². The summed E-state index contributed by atoms with van der Waals surface area (Å²) in [6.07, 6.45) is 0. The van der Waals surface area contributed by atoms with Crippen molar-refractivity contribution >= 4 is 61.7 Å². The molecule has 3 aromatic carbocycles. The van der Waals surface area contributed by atoms with E-state index in [-0.39, 0.29) is 26.9 Å². The maximum atomic E-state index is 13.5. The van der Waals surface area contributed by atoms with Crippen LogP contribution in [-0.4, -0.2) is 56.6 Å². The average Bonchev–Trinajstić information content (AvgIpc) is 3.41. The highest BCUT2D eigenvalue weighted by molar-refractivity contribution is 7.99. The van der Waals surface area contributed by atoms with Gasteiger partial charge in [0.05, 0.1) is 38.8 Å². The Morgan fingerprint density at radius 3 is 2.45 bits per heavy atom. The van der Waals surface area contributed by atoms with Gasteiger partial charge in [-0.25, -0.2) is 8.42 Å². The number of hydrogen-bond donors (Lipinski definition) is 1. The standard InChI is InChI=1S/C29H29ClN6O4S2/c1-4-34(5-2)42(39,40)21-14-15-23(30)24(16-21)31-26(37)18-41-29-33-32-28-35(17-20-12-10-19(3)11-13-20)27(38)22-8-6-7-9-25(22)36(28)29/h6-16H,4-5,17-18H2,1-3H3,(H,31,37). The highest BCUT2D eigenvalue weighted by atomic mass is 35.5. The van der Waals surface area contributed by atoms with E-state index in [2.05, 4.69) is 15.5 Å². The molecule has 2 heterocycles. The Kier molecular flexibility index (Phi) is 8.69. The molecule has 218 valence electrons. The lowest BCUT2D eigenvalue weighted by Crippen LogP contribution is -2.30. The molecule has 0 aliphatic rings. The van der Waals surface area contributed by atoms with Crippen molar-refractivity contribution in [3.63, 3.8) is 0 Å². The van der Waals surface area contributed by atoms with Gasteiger partial charge in [0.15, 0.2) is 5.16 Å². The SMILES string of the molecule is CCN(CC)S(=O)(=O)c1ccc(Cl)c(NC(=O)CSc2nnc3n(Cc4ccc(C)cc4)c(=O)c4ccccc4n23)c1. The molecule has 42 heavy (non-hydrogen) atoms. The van der Waals surface area contributed by atoms with Crippen LogP contribution in [-0.2, 0) is 21.4 Å². The molecular formula is C29H29ClN6O4S2. The molecule has 0 fully saturated rings. The van der Waals surface area contributed by atoms with Crippen LogP contribution in [0.25, 0.3) is 16.7 Å². The minimum absolute atomic E-state index is 0.0417. The fourth-order valence-electron chi connectivity index (χ4n) is 4.64. The summed E-state index contributed by atoms with van der Waals surface area (Å²) in [6, 6.07) is 19.3. The number of aromatic nitrogens is 4. The molecule has 0 spiro atoms. The predicted octanol–water partition coefficient (Wildman–Crippen LogP) is 4.82. The topological polar surface area (TPSA) is 119 Å². The van der Waals surface area contributed by atoms with Gasteiger partial charge in [0, 0.05) is 13.1 Å². The van der Waals surface area contributed by atoms with Gasteiger partial charge in [-0.1, -0.05) is 79.2 Å². The first-order valence-corrected chi connectivity index (χ1v) is 16.1. The monoisotopic (exact) mass is 624 g/mol. The fraction of sp³-hybridized carbons (Fsp3) is 0.241. The van der Waals surface area contributed by atoms with Crippen molar-refractivity contribution < 1.29 is 13.2 Å². The maximum Gasteiger partial charge on any atom is 0.263 e. The van der Waals surface area contributed by atoms with Gasteiger partial charge in [-0.05, 0) is 42.8 Å². The predicted molar refractivity (Wildman–Crippen MR) is 166 cm³/mol. The lowest BCUT2D eigenvalue weighted by atomic mass is 10.1. The summed E-state index contributed by atoms with van der Waals surface area (Å²) in [5, 5.41) is 12.5. The van der Waals surface area contributed by atoms with Gasteiger partial charge in [0.2, 0.25) is 21.7 Å². The van der Waals surface area contributed by atoms with Crippen LogP contribution in [0.3, 0.4) is 0 Å². The third kappa shape index (κ3) is 5.80. The molecule has 0 atom stereocenters. The van der Waals surface area contributed by atoms with Crippen LogP contribution in [0, 0.1) is 6.92 Å². The number of nitrogens with zero attached hydrogens (tertiary/aromatic N) is 5. The van der Waals surface area contributed by atoms with E-state index < -0.39 is 15.9 Å². The molecule has 1 amide bonds. The fourth-order valence-corrected chi connectivity index (χ4v) is 7.02. The number of amides is 1. The highest BCUT2D eigenvalue weighted by Crippen LogP contribution is 2.28. The number of hydrogen-bond acceptors (Lipinski definition) is 7. The number of nitrogens with one attached hydrogen (secondary N) is 1. The highest BCUT2D eigenvalue weighted by Gasteiger charge is 2.23. The lowest BCUT2D eigenvalue weighted by molar-refractivity contribution is -0.113. The van der Waals surface area contributed by atoms with Crippen LogP contribution in [0.4, 0.5) is 5.69 Å². The zero-order valence-electron chi connectivity index (χ0n) is 23.2. The van der Waals surface area contributed by atoms with Crippen LogP contribution in [0.5, 0.6) is 0 Å². The van der Waals surface area contributed by atoms with Gasteiger partial charge in [-0.15, -0.1) is 10.2 Å². The third-order valence-electron chi connectivity index (χ3n) is 6.83. The number of fused-ring (bicyclic) bond motifs is 3. The zero-order valence-corrected chi connectivity index (χ0v) is 25.6. The van der Waals surface area contributed by atoms with E-state index in [9.17, 15) is 18.0 Å². The van der Waals surface area contributed by atoms with E-state index in [1.807, 2.05) is 43.3 Å². The average molecular weight is 625 g/mol. The van der Waals surface area contributed by atoms with Gasteiger partial charge >= 0.3 is 0 Å². The van der Waals surface area contributed by atoms with Crippen molar-refractivity contribution in [2.75, 3.05) is 24.2 Å². The first kappa shape index (κ1) is 29.8. The second-order valence-corrected chi connectivity index (χ2v) is 12.9.